The summed E-state index contributed by atoms with van der Waals surface area (Å²) in [5, 5.41) is 11.9. The third-order valence-corrected chi connectivity index (χ3v) is 3.75. The van der Waals surface area contributed by atoms with Gasteiger partial charge < -0.3 is 24.9 Å². The van der Waals surface area contributed by atoms with E-state index in [0.717, 1.165) is 4.57 Å². The average molecular weight is 297 g/mol. The molecule has 4 atom stereocenters. The number of aromatic amines is 1. The van der Waals surface area contributed by atoms with Crippen molar-refractivity contribution in [3.63, 3.8) is 0 Å². The smallest absolute Gasteiger partial charge is 0.407 e. The van der Waals surface area contributed by atoms with Crippen LogP contribution in [0.15, 0.2) is 15.7 Å². The molecule has 21 heavy (non-hydrogen) atoms. The van der Waals surface area contributed by atoms with Gasteiger partial charge in [-0.3, -0.25) is 4.79 Å². The van der Waals surface area contributed by atoms with E-state index >= 15 is 0 Å². The molecule has 0 aliphatic carbocycles. The number of carbonyl (C=O) groups is 1. The third kappa shape index (κ3) is 2.24. The van der Waals surface area contributed by atoms with Gasteiger partial charge in [0.05, 0.1) is 12.7 Å². The number of fused-ring (bicyclic) bond motifs is 1. The van der Waals surface area contributed by atoms with Gasteiger partial charge in [-0.05, 0) is 6.92 Å². The summed E-state index contributed by atoms with van der Waals surface area (Å²) >= 11 is 0. The number of aromatic nitrogens is 2. The van der Waals surface area contributed by atoms with E-state index < -0.39 is 35.8 Å². The Morgan fingerprint density at radius 3 is 2.86 bits per heavy atom. The Hall–Kier alpha value is -2.13. The lowest BCUT2D eigenvalue weighted by atomic mass is 9.97. The second-order valence-electron chi connectivity index (χ2n) is 5.13. The molecule has 0 bridgehead atoms. The molecule has 0 radical (unpaired) electrons. The summed E-state index contributed by atoms with van der Waals surface area (Å²) in [6.07, 6.45) is -3.10. The number of rotatable bonds is 2. The van der Waals surface area contributed by atoms with Crippen LogP contribution in [-0.4, -0.2) is 46.1 Å². The van der Waals surface area contributed by atoms with Gasteiger partial charge in [0.2, 0.25) is 0 Å². The molecular formula is C12H15N3O6. The molecule has 3 heterocycles. The summed E-state index contributed by atoms with van der Waals surface area (Å²) in [6, 6.07) is 1.26. The molecule has 2 saturated heterocycles. The zero-order valence-electron chi connectivity index (χ0n) is 11.2. The predicted molar refractivity (Wildman–Crippen MR) is 68.8 cm³/mol. The highest BCUT2D eigenvalue weighted by Crippen LogP contribution is 2.36. The number of aryl methyl sites for hydroxylation is 1. The molecule has 1 aromatic heterocycles. The van der Waals surface area contributed by atoms with Crippen molar-refractivity contribution in [1.82, 2.24) is 14.9 Å². The van der Waals surface area contributed by atoms with Crippen LogP contribution in [0, 0.1) is 12.8 Å². The van der Waals surface area contributed by atoms with E-state index in [9.17, 15) is 19.5 Å². The quantitative estimate of drug-likeness (QED) is 0.608. The van der Waals surface area contributed by atoms with Crippen LogP contribution in [-0.2, 0) is 9.47 Å². The SMILES string of the molecule is Cc1cc(=O)n([C@@H]2O[C@H](CO)C3CNC(=O)OC32)c(=O)[nH]1. The zero-order valence-corrected chi connectivity index (χ0v) is 11.2. The molecule has 114 valence electrons. The number of aliphatic hydroxyl groups excluding tert-OH is 1. The van der Waals surface area contributed by atoms with E-state index in [1.165, 1.54) is 6.07 Å². The monoisotopic (exact) mass is 297 g/mol. The third-order valence-electron chi connectivity index (χ3n) is 3.75. The van der Waals surface area contributed by atoms with E-state index in [1.54, 1.807) is 6.92 Å². The molecule has 0 saturated carbocycles. The van der Waals surface area contributed by atoms with Gasteiger partial charge in [-0.25, -0.2) is 14.2 Å². The van der Waals surface area contributed by atoms with Crippen molar-refractivity contribution >= 4 is 6.09 Å². The number of nitrogens with one attached hydrogen (secondary N) is 2. The topological polar surface area (TPSA) is 123 Å². The molecule has 9 heteroatoms. The zero-order chi connectivity index (χ0) is 15.1. The van der Waals surface area contributed by atoms with Crippen molar-refractivity contribution in [2.24, 2.45) is 5.92 Å². The van der Waals surface area contributed by atoms with Crippen LogP contribution < -0.4 is 16.6 Å². The molecule has 0 spiro atoms. The number of H-pyrrole nitrogens is 1. The number of hydrogen-bond acceptors (Lipinski definition) is 6. The Morgan fingerprint density at radius 1 is 1.43 bits per heavy atom. The second kappa shape index (κ2) is 5.01. The molecule has 1 amide bonds. The summed E-state index contributed by atoms with van der Waals surface area (Å²) in [7, 11) is 0. The van der Waals surface area contributed by atoms with Crippen molar-refractivity contribution in [3.8, 4) is 0 Å². The minimum Gasteiger partial charge on any atom is -0.441 e. The van der Waals surface area contributed by atoms with Gasteiger partial charge in [0.25, 0.3) is 5.56 Å². The predicted octanol–water partition coefficient (Wildman–Crippen LogP) is -1.54. The van der Waals surface area contributed by atoms with Gasteiger partial charge in [0, 0.05) is 24.2 Å². The lowest BCUT2D eigenvalue weighted by Crippen LogP contribution is -2.50. The maximum absolute atomic E-state index is 12.0. The van der Waals surface area contributed by atoms with Gasteiger partial charge >= 0.3 is 11.8 Å². The molecule has 3 rings (SSSR count). The fraction of sp³-hybridized carbons (Fsp3) is 0.583. The van der Waals surface area contributed by atoms with Crippen molar-refractivity contribution in [1.29, 1.82) is 0 Å². The molecule has 2 aliphatic heterocycles. The van der Waals surface area contributed by atoms with Crippen molar-refractivity contribution < 1.29 is 19.4 Å². The van der Waals surface area contributed by atoms with E-state index in [1.807, 2.05) is 0 Å². The molecule has 9 nitrogen and oxygen atoms in total. The number of aliphatic hydroxyl groups is 1. The van der Waals surface area contributed by atoms with Crippen LogP contribution in [0.5, 0.6) is 0 Å². The Kier molecular flexibility index (Phi) is 3.30. The molecule has 2 fully saturated rings. The number of ether oxygens (including phenoxy) is 2. The molecular weight excluding hydrogens is 282 g/mol. The first-order valence-corrected chi connectivity index (χ1v) is 6.54. The molecule has 1 aromatic rings. The number of hydrogen-bond donors (Lipinski definition) is 3. The lowest BCUT2D eigenvalue weighted by Gasteiger charge is -2.28. The Labute approximate surface area is 118 Å². The van der Waals surface area contributed by atoms with Crippen LogP contribution in [0.4, 0.5) is 4.79 Å². The van der Waals surface area contributed by atoms with Crippen molar-refractivity contribution in [2.75, 3.05) is 13.2 Å². The molecule has 0 aromatic carbocycles. The summed E-state index contributed by atoms with van der Waals surface area (Å²) in [6.45, 7) is 1.55. The van der Waals surface area contributed by atoms with Crippen molar-refractivity contribution in [2.45, 2.75) is 25.4 Å². The van der Waals surface area contributed by atoms with E-state index in [2.05, 4.69) is 10.3 Å². The lowest BCUT2D eigenvalue weighted by molar-refractivity contribution is -0.0571. The standard InChI is InChI=1S/C12H15N3O6/c1-5-2-8(17)15(11(18)14-5)10-9-6(7(4-16)20-10)3-13-12(19)21-9/h2,6-7,9-10,16H,3-4H2,1H3,(H,13,19)(H,14,18)/t6?,7-,9?,10-/m1/s1. The Morgan fingerprint density at radius 2 is 2.19 bits per heavy atom. The highest BCUT2D eigenvalue weighted by atomic mass is 16.6. The van der Waals surface area contributed by atoms with Crippen LogP contribution in [0.2, 0.25) is 0 Å². The first-order valence-electron chi connectivity index (χ1n) is 6.54. The van der Waals surface area contributed by atoms with Gasteiger partial charge in [0.15, 0.2) is 12.3 Å². The highest BCUT2D eigenvalue weighted by molar-refractivity contribution is 5.68. The van der Waals surface area contributed by atoms with Crippen LogP contribution in [0.3, 0.4) is 0 Å². The summed E-state index contributed by atoms with van der Waals surface area (Å²) in [5.41, 5.74) is -0.762. The molecule has 2 aliphatic rings. The number of alkyl carbamates (subject to hydrolysis) is 1. The van der Waals surface area contributed by atoms with Crippen molar-refractivity contribution in [3.05, 3.63) is 32.6 Å². The second-order valence-corrected chi connectivity index (χ2v) is 5.13. The average Bonchev–Trinajstić information content (AvgIpc) is 2.75. The normalized spacial score (nSPS) is 31.4. The van der Waals surface area contributed by atoms with Crippen LogP contribution in [0.25, 0.3) is 0 Å². The minimum atomic E-state index is -1.05. The summed E-state index contributed by atoms with van der Waals surface area (Å²) in [4.78, 5) is 37.9. The van der Waals surface area contributed by atoms with Crippen LogP contribution in [0.1, 0.15) is 11.9 Å². The first kappa shape index (κ1) is 13.8. The maximum Gasteiger partial charge on any atom is 0.407 e. The number of amides is 1. The summed E-state index contributed by atoms with van der Waals surface area (Å²) < 4.78 is 11.6. The van der Waals surface area contributed by atoms with Gasteiger partial charge in [-0.15, -0.1) is 0 Å². The fourth-order valence-corrected chi connectivity index (χ4v) is 2.79. The number of nitrogens with zero attached hydrogens (tertiary/aromatic N) is 1. The highest BCUT2D eigenvalue weighted by Gasteiger charge is 2.50. The molecule has 3 N–H and O–H groups in total. The molecule has 2 unspecified atom stereocenters. The Bertz CT molecular complexity index is 649. The summed E-state index contributed by atoms with van der Waals surface area (Å²) in [5.74, 6) is -0.328. The van der Waals surface area contributed by atoms with E-state index in [-0.39, 0.29) is 19.1 Å². The van der Waals surface area contributed by atoms with Gasteiger partial charge in [-0.2, -0.15) is 0 Å². The fourth-order valence-electron chi connectivity index (χ4n) is 2.79. The largest absolute Gasteiger partial charge is 0.441 e. The maximum atomic E-state index is 12.0. The van der Waals surface area contributed by atoms with Gasteiger partial charge in [-0.1, -0.05) is 0 Å². The van der Waals surface area contributed by atoms with E-state index in [4.69, 9.17) is 9.47 Å². The minimum absolute atomic E-state index is 0.254. The number of carbonyl (C=O) groups excluding carboxylic acids is 1. The van der Waals surface area contributed by atoms with Gasteiger partial charge in [0.1, 0.15) is 0 Å². The first-order chi connectivity index (χ1) is 10.0. The Balaban J connectivity index is 2.04. The van der Waals surface area contributed by atoms with E-state index in [0.29, 0.717) is 5.69 Å². The van der Waals surface area contributed by atoms with Crippen LogP contribution >= 0.6 is 0 Å².